The Labute approximate surface area is 90.7 Å². The maximum Gasteiger partial charge on any atom is 0.237 e. The highest BCUT2D eigenvalue weighted by atomic mass is 16.2. The van der Waals surface area contributed by atoms with Crippen molar-refractivity contribution in [2.45, 2.75) is 32.9 Å². The number of carbonyl (C=O) groups is 1. The van der Waals surface area contributed by atoms with E-state index in [-0.39, 0.29) is 11.9 Å². The molecule has 15 heavy (non-hydrogen) atoms. The lowest BCUT2D eigenvalue weighted by Gasteiger charge is -2.17. The van der Waals surface area contributed by atoms with Crippen LogP contribution in [0, 0.1) is 6.92 Å². The van der Waals surface area contributed by atoms with Gasteiger partial charge in [-0.1, -0.05) is 24.3 Å². The number of aryl methyl sites for hydroxylation is 1. The van der Waals surface area contributed by atoms with E-state index in [1.165, 1.54) is 5.56 Å². The van der Waals surface area contributed by atoms with Crippen LogP contribution in [0.25, 0.3) is 0 Å². The van der Waals surface area contributed by atoms with Crippen LogP contribution in [0.15, 0.2) is 24.3 Å². The Kier molecular flexibility index (Phi) is 3.86. The van der Waals surface area contributed by atoms with Crippen LogP contribution in [0.1, 0.15) is 31.0 Å². The van der Waals surface area contributed by atoms with E-state index in [0.29, 0.717) is 0 Å². The standard InChI is InChI=1S/C12H18N2O/c1-8-6-4-5-7-11(8)10(3)14-12(15)9(2)13/h4-7,9-10H,13H2,1-3H3,(H,14,15). The van der Waals surface area contributed by atoms with Gasteiger partial charge in [0.2, 0.25) is 5.91 Å². The Morgan fingerprint density at radius 1 is 1.33 bits per heavy atom. The number of hydrogen-bond donors (Lipinski definition) is 2. The lowest BCUT2D eigenvalue weighted by Crippen LogP contribution is -2.39. The number of benzene rings is 1. The summed E-state index contributed by atoms with van der Waals surface area (Å²) in [6.07, 6.45) is 0. The summed E-state index contributed by atoms with van der Waals surface area (Å²) in [7, 11) is 0. The van der Waals surface area contributed by atoms with E-state index in [0.717, 1.165) is 5.56 Å². The molecule has 2 unspecified atom stereocenters. The molecular weight excluding hydrogens is 188 g/mol. The molecule has 0 aliphatic heterocycles. The van der Waals surface area contributed by atoms with Gasteiger partial charge < -0.3 is 11.1 Å². The normalized spacial score (nSPS) is 14.4. The number of nitrogens with one attached hydrogen (secondary N) is 1. The summed E-state index contributed by atoms with van der Waals surface area (Å²) in [6.45, 7) is 5.67. The van der Waals surface area contributed by atoms with Crippen molar-refractivity contribution < 1.29 is 4.79 Å². The minimum absolute atomic E-state index is 0.00435. The predicted octanol–water partition coefficient (Wildman–Crippen LogP) is 1.52. The molecule has 0 aliphatic rings. The van der Waals surface area contributed by atoms with Crippen molar-refractivity contribution in [1.82, 2.24) is 5.32 Å². The van der Waals surface area contributed by atoms with Crippen LogP contribution < -0.4 is 11.1 Å². The number of hydrogen-bond acceptors (Lipinski definition) is 2. The molecule has 1 amide bonds. The maximum absolute atomic E-state index is 11.4. The largest absolute Gasteiger partial charge is 0.348 e. The van der Waals surface area contributed by atoms with E-state index >= 15 is 0 Å². The molecule has 0 radical (unpaired) electrons. The number of amides is 1. The highest BCUT2D eigenvalue weighted by Gasteiger charge is 2.13. The molecule has 3 heteroatoms. The van der Waals surface area contributed by atoms with Gasteiger partial charge in [-0.25, -0.2) is 0 Å². The molecule has 0 saturated carbocycles. The van der Waals surface area contributed by atoms with Crippen LogP contribution in [0.3, 0.4) is 0 Å². The highest BCUT2D eigenvalue weighted by Crippen LogP contribution is 2.16. The second-order valence-corrected chi connectivity index (χ2v) is 3.88. The maximum atomic E-state index is 11.4. The van der Waals surface area contributed by atoms with Gasteiger partial charge in [-0.05, 0) is 31.9 Å². The number of carbonyl (C=O) groups excluding carboxylic acids is 1. The van der Waals surface area contributed by atoms with Gasteiger partial charge in [0.05, 0.1) is 12.1 Å². The van der Waals surface area contributed by atoms with Gasteiger partial charge in [0, 0.05) is 0 Å². The van der Waals surface area contributed by atoms with Crippen LogP contribution in [-0.4, -0.2) is 11.9 Å². The third-order valence-corrected chi connectivity index (χ3v) is 2.43. The van der Waals surface area contributed by atoms with E-state index in [1.807, 2.05) is 38.1 Å². The van der Waals surface area contributed by atoms with E-state index in [2.05, 4.69) is 5.32 Å². The summed E-state index contributed by atoms with van der Waals surface area (Å²) >= 11 is 0. The van der Waals surface area contributed by atoms with Crippen molar-refractivity contribution >= 4 is 5.91 Å². The summed E-state index contributed by atoms with van der Waals surface area (Å²) in [5, 5.41) is 2.87. The molecule has 0 fully saturated rings. The summed E-state index contributed by atoms with van der Waals surface area (Å²) < 4.78 is 0. The topological polar surface area (TPSA) is 55.1 Å². The third-order valence-electron chi connectivity index (χ3n) is 2.43. The zero-order chi connectivity index (χ0) is 11.4. The van der Waals surface area contributed by atoms with Crippen molar-refractivity contribution in [2.75, 3.05) is 0 Å². The Balaban J connectivity index is 2.73. The van der Waals surface area contributed by atoms with E-state index in [4.69, 9.17) is 5.73 Å². The van der Waals surface area contributed by atoms with Crippen LogP contribution in [0.2, 0.25) is 0 Å². The second-order valence-electron chi connectivity index (χ2n) is 3.88. The average Bonchev–Trinajstić information content (AvgIpc) is 2.18. The van der Waals surface area contributed by atoms with Crippen molar-refractivity contribution in [3.8, 4) is 0 Å². The quantitative estimate of drug-likeness (QED) is 0.787. The minimum Gasteiger partial charge on any atom is -0.348 e. The van der Waals surface area contributed by atoms with Gasteiger partial charge in [-0.3, -0.25) is 4.79 Å². The lowest BCUT2D eigenvalue weighted by molar-refractivity contribution is -0.122. The first-order chi connectivity index (χ1) is 7.02. The van der Waals surface area contributed by atoms with Crippen molar-refractivity contribution in [3.05, 3.63) is 35.4 Å². The SMILES string of the molecule is Cc1ccccc1C(C)NC(=O)C(C)N. The molecule has 1 aromatic carbocycles. The molecule has 0 aliphatic carbocycles. The van der Waals surface area contributed by atoms with Crippen LogP contribution in [0.5, 0.6) is 0 Å². The van der Waals surface area contributed by atoms with Crippen molar-refractivity contribution in [2.24, 2.45) is 5.73 Å². The van der Waals surface area contributed by atoms with Gasteiger partial charge >= 0.3 is 0 Å². The zero-order valence-corrected chi connectivity index (χ0v) is 9.45. The summed E-state index contributed by atoms with van der Waals surface area (Å²) in [5.41, 5.74) is 7.80. The smallest absolute Gasteiger partial charge is 0.237 e. The van der Waals surface area contributed by atoms with Gasteiger partial charge in [-0.15, -0.1) is 0 Å². The monoisotopic (exact) mass is 206 g/mol. The van der Waals surface area contributed by atoms with E-state index in [9.17, 15) is 4.79 Å². The van der Waals surface area contributed by atoms with Crippen molar-refractivity contribution in [3.63, 3.8) is 0 Å². The molecule has 1 aromatic rings. The molecule has 1 rings (SSSR count). The lowest BCUT2D eigenvalue weighted by atomic mass is 10.0. The highest BCUT2D eigenvalue weighted by molar-refractivity contribution is 5.81. The van der Waals surface area contributed by atoms with Gasteiger partial charge in [0.1, 0.15) is 0 Å². The Morgan fingerprint density at radius 2 is 1.93 bits per heavy atom. The fourth-order valence-electron chi connectivity index (χ4n) is 1.50. The molecule has 0 spiro atoms. The minimum atomic E-state index is -0.462. The van der Waals surface area contributed by atoms with Crippen LogP contribution >= 0.6 is 0 Å². The Morgan fingerprint density at radius 3 is 2.47 bits per heavy atom. The van der Waals surface area contributed by atoms with E-state index in [1.54, 1.807) is 6.92 Å². The number of rotatable bonds is 3. The molecule has 0 saturated heterocycles. The Bertz CT molecular complexity index is 347. The van der Waals surface area contributed by atoms with Gasteiger partial charge in [0.15, 0.2) is 0 Å². The molecule has 0 heterocycles. The van der Waals surface area contributed by atoms with Gasteiger partial charge in [0.25, 0.3) is 0 Å². The van der Waals surface area contributed by atoms with Crippen LogP contribution in [-0.2, 0) is 4.79 Å². The Hall–Kier alpha value is -1.35. The summed E-state index contributed by atoms with van der Waals surface area (Å²) in [5.74, 6) is -0.120. The van der Waals surface area contributed by atoms with E-state index < -0.39 is 6.04 Å². The second kappa shape index (κ2) is 4.94. The first-order valence-corrected chi connectivity index (χ1v) is 5.14. The molecule has 3 nitrogen and oxygen atoms in total. The molecule has 3 N–H and O–H groups in total. The first-order valence-electron chi connectivity index (χ1n) is 5.14. The fourth-order valence-corrected chi connectivity index (χ4v) is 1.50. The van der Waals surface area contributed by atoms with Crippen LogP contribution in [0.4, 0.5) is 0 Å². The molecule has 0 aromatic heterocycles. The summed E-state index contributed by atoms with van der Waals surface area (Å²) in [4.78, 5) is 11.4. The summed E-state index contributed by atoms with van der Waals surface area (Å²) in [6, 6.07) is 7.54. The average molecular weight is 206 g/mol. The molecule has 2 atom stereocenters. The predicted molar refractivity (Wildman–Crippen MR) is 61.4 cm³/mol. The zero-order valence-electron chi connectivity index (χ0n) is 9.45. The van der Waals surface area contributed by atoms with Gasteiger partial charge in [-0.2, -0.15) is 0 Å². The van der Waals surface area contributed by atoms with Crippen molar-refractivity contribution in [1.29, 1.82) is 0 Å². The molecular formula is C12H18N2O. The number of nitrogens with two attached hydrogens (primary N) is 1. The molecule has 0 bridgehead atoms. The molecule has 82 valence electrons. The fraction of sp³-hybridized carbons (Fsp3) is 0.417. The first kappa shape index (κ1) is 11.7. The third kappa shape index (κ3) is 3.06.